The SMILES string of the molecule is Cc1nn(C)c2c1nc(CCl)n2C(C)c1cccnc1. The van der Waals surface area contributed by atoms with Gasteiger partial charge in [0.25, 0.3) is 0 Å². The number of hydrogen-bond donors (Lipinski definition) is 0. The van der Waals surface area contributed by atoms with Crippen LogP contribution in [0.15, 0.2) is 24.5 Å². The van der Waals surface area contributed by atoms with Crippen LogP contribution in [-0.4, -0.2) is 24.3 Å². The van der Waals surface area contributed by atoms with Gasteiger partial charge < -0.3 is 4.57 Å². The van der Waals surface area contributed by atoms with Gasteiger partial charge in [0.2, 0.25) is 0 Å². The van der Waals surface area contributed by atoms with E-state index in [1.807, 2.05) is 30.9 Å². The van der Waals surface area contributed by atoms with E-state index in [2.05, 4.69) is 32.6 Å². The molecule has 0 radical (unpaired) electrons. The lowest BCUT2D eigenvalue weighted by Gasteiger charge is -2.17. The van der Waals surface area contributed by atoms with E-state index in [1.54, 1.807) is 6.20 Å². The fourth-order valence-electron chi connectivity index (χ4n) is 2.61. The molecule has 0 spiro atoms. The first-order chi connectivity index (χ1) is 9.63. The van der Waals surface area contributed by atoms with Crippen molar-refractivity contribution in [2.45, 2.75) is 25.8 Å². The number of nitrogens with zero attached hydrogens (tertiary/aromatic N) is 5. The molecule has 0 amide bonds. The van der Waals surface area contributed by atoms with E-state index in [0.29, 0.717) is 5.88 Å². The summed E-state index contributed by atoms with van der Waals surface area (Å²) in [5.74, 6) is 1.23. The van der Waals surface area contributed by atoms with Gasteiger partial charge in [-0.2, -0.15) is 5.10 Å². The molecule has 6 heteroatoms. The van der Waals surface area contributed by atoms with Crippen molar-refractivity contribution < 1.29 is 0 Å². The van der Waals surface area contributed by atoms with Crippen molar-refractivity contribution in [3.8, 4) is 0 Å². The fourth-order valence-corrected chi connectivity index (χ4v) is 2.80. The minimum Gasteiger partial charge on any atom is -0.304 e. The van der Waals surface area contributed by atoms with Crippen molar-refractivity contribution in [1.29, 1.82) is 0 Å². The van der Waals surface area contributed by atoms with Crippen molar-refractivity contribution in [1.82, 2.24) is 24.3 Å². The largest absolute Gasteiger partial charge is 0.304 e. The maximum Gasteiger partial charge on any atom is 0.159 e. The van der Waals surface area contributed by atoms with Crippen LogP contribution in [0.1, 0.15) is 30.0 Å². The number of rotatable bonds is 3. The normalized spacial score (nSPS) is 13.0. The molecular formula is C14H16ClN5. The fraction of sp³-hybridized carbons (Fsp3) is 0.357. The molecule has 3 aromatic rings. The summed E-state index contributed by atoms with van der Waals surface area (Å²) in [6.45, 7) is 4.09. The molecule has 0 saturated carbocycles. The third kappa shape index (κ3) is 1.89. The van der Waals surface area contributed by atoms with E-state index in [4.69, 9.17) is 11.6 Å². The van der Waals surface area contributed by atoms with Crippen molar-refractivity contribution >= 4 is 22.8 Å². The van der Waals surface area contributed by atoms with Crippen LogP contribution in [0.2, 0.25) is 0 Å². The lowest BCUT2D eigenvalue weighted by atomic mass is 10.1. The first-order valence-electron chi connectivity index (χ1n) is 6.49. The van der Waals surface area contributed by atoms with E-state index >= 15 is 0 Å². The topological polar surface area (TPSA) is 48.5 Å². The Morgan fingerprint density at radius 2 is 2.20 bits per heavy atom. The Labute approximate surface area is 122 Å². The van der Waals surface area contributed by atoms with Crippen molar-refractivity contribution in [3.05, 3.63) is 41.6 Å². The smallest absolute Gasteiger partial charge is 0.159 e. The third-order valence-electron chi connectivity index (χ3n) is 3.58. The molecular weight excluding hydrogens is 274 g/mol. The van der Waals surface area contributed by atoms with Gasteiger partial charge in [0, 0.05) is 19.4 Å². The number of pyridine rings is 1. The minimum absolute atomic E-state index is 0.109. The van der Waals surface area contributed by atoms with Crippen LogP contribution in [0.5, 0.6) is 0 Å². The van der Waals surface area contributed by atoms with E-state index in [-0.39, 0.29) is 6.04 Å². The van der Waals surface area contributed by atoms with E-state index in [0.717, 1.165) is 28.2 Å². The standard InChI is InChI=1S/C14H16ClN5/c1-9-13-14(19(3)18-9)20(12(7-15)17-13)10(2)11-5-4-6-16-8-11/h4-6,8,10H,7H2,1-3H3. The zero-order valence-electron chi connectivity index (χ0n) is 11.7. The summed E-state index contributed by atoms with van der Waals surface area (Å²) < 4.78 is 4.00. The molecule has 5 nitrogen and oxygen atoms in total. The molecule has 0 fully saturated rings. The summed E-state index contributed by atoms with van der Waals surface area (Å²) in [6, 6.07) is 4.11. The average Bonchev–Trinajstić information content (AvgIpc) is 2.98. The Balaban J connectivity index is 2.24. The first kappa shape index (κ1) is 13.1. The second-order valence-corrected chi connectivity index (χ2v) is 5.14. The van der Waals surface area contributed by atoms with Crippen molar-refractivity contribution in [2.24, 2.45) is 7.05 Å². The summed E-state index contributed by atoms with van der Waals surface area (Å²) in [7, 11) is 1.93. The number of imidazole rings is 1. The van der Waals surface area contributed by atoms with Crippen LogP contribution in [0.4, 0.5) is 0 Å². The summed E-state index contributed by atoms with van der Waals surface area (Å²) in [4.78, 5) is 8.82. The molecule has 0 aliphatic heterocycles. The quantitative estimate of drug-likeness (QED) is 0.697. The molecule has 3 rings (SSSR count). The maximum atomic E-state index is 6.07. The van der Waals surface area contributed by atoms with E-state index < -0.39 is 0 Å². The highest BCUT2D eigenvalue weighted by molar-refractivity contribution is 6.16. The highest BCUT2D eigenvalue weighted by Gasteiger charge is 2.21. The van der Waals surface area contributed by atoms with Crippen molar-refractivity contribution in [2.75, 3.05) is 0 Å². The molecule has 3 aromatic heterocycles. The minimum atomic E-state index is 0.109. The van der Waals surface area contributed by atoms with Gasteiger partial charge in [-0.1, -0.05) is 6.07 Å². The number of alkyl halides is 1. The van der Waals surface area contributed by atoms with Gasteiger partial charge in [-0.25, -0.2) is 4.98 Å². The Kier molecular flexibility index (Phi) is 3.22. The zero-order chi connectivity index (χ0) is 14.3. The zero-order valence-corrected chi connectivity index (χ0v) is 12.5. The first-order valence-corrected chi connectivity index (χ1v) is 7.03. The number of fused-ring (bicyclic) bond motifs is 1. The Morgan fingerprint density at radius 3 is 2.85 bits per heavy atom. The number of aryl methyl sites for hydroxylation is 2. The third-order valence-corrected chi connectivity index (χ3v) is 3.82. The molecule has 1 unspecified atom stereocenters. The van der Waals surface area contributed by atoms with Gasteiger partial charge in [0.1, 0.15) is 11.3 Å². The van der Waals surface area contributed by atoms with Gasteiger partial charge in [0.05, 0.1) is 17.6 Å². The second-order valence-electron chi connectivity index (χ2n) is 4.88. The van der Waals surface area contributed by atoms with Crippen LogP contribution < -0.4 is 0 Å². The number of halogens is 1. The van der Waals surface area contributed by atoms with Gasteiger partial charge in [-0.05, 0) is 25.5 Å². The Hall–Kier alpha value is -1.88. The molecule has 0 aromatic carbocycles. The Bertz CT molecular complexity index is 744. The van der Waals surface area contributed by atoms with Gasteiger partial charge in [-0.15, -0.1) is 11.6 Å². The number of hydrogen-bond acceptors (Lipinski definition) is 3. The van der Waals surface area contributed by atoms with E-state index in [1.165, 1.54) is 0 Å². The molecule has 1 atom stereocenters. The van der Waals surface area contributed by atoms with Crippen LogP contribution in [0.3, 0.4) is 0 Å². The second kappa shape index (κ2) is 4.90. The van der Waals surface area contributed by atoms with Crippen LogP contribution in [-0.2, 0) is 12.9 Å². The van der Waals surface area contributed by atoms with Gasteiger partial charge in [-0.3, -0.25) is 9.67 Å². The molecule has 20 heavy (non-hydrogen) atoms. The molecule has 0 aliphatic rings. The number of aromatic nitrogens is 5. The van der Waals surface area contributed by atoms with Gasteiger partial charge >= 0.3 is 0 Å². The lowest BCUT2D eigenvalue weighted by molar-refractivity contribution is 0.606. The van der Waals surface area contributed by atoms with Crippen LogP contribution in [0, 0.1) is 6.92 Å². The molecule has 0 aliphatic carbocycles. The van der Waals surface area contributed by atoms with Gasteiger partial charge in [0.15, 0.2) is 5.65 Å². The molecule has 104 valence electrons. The van der Waals surface area contributed by atoms with Crippen molar-refractivity contribution in [3.63, 3.8) is 0 Å². The summed E-state index contributed by atoms with van der Waals surface area (Å²) in [5, 5.41) is 4.44. The molecule has 3 heterocycles. The monoisotopic (exact) mass is 289 g/mol. The molecule has 0 N–H and O–H groups in total. The summed E-state index contributed by atoms with van der Waals surface area (Å²) in [5.41, 5.74) is 3.96. The Morgan fingerprint density at radius 1 is 1.40 bits per heavy atom. The highest BCUT2D eigenvalue weighted by Crippen LogP contribution is 2.27. The summed E-state index contributed by atoms with van der Waals surface area (Å²) >= 11 is 6.07. The molecule has 0 saturated heterocycles. The summed E-state index contributed by atoms with van der Waals surface area (Å²) in [6.07, 6.45) is 3.65. The lowest BCUT2D eigenvalue weighted by Crippen LogP contribution is -2.12. The maximum absolute atomic E-state index is 6.07. The predicted molar refractivity (Wildman–Crippen MR) is 78.8 cm³/mol. The van der Waals surface area contributed by atoms with Crippen LogP contribution >= 0.6 is 11.6 Å². The van der Waals surface area contributed by atoms with E-state index in [9.17, 15) is 0 Å². The predicted octanol–water partition coefficient (Wildman–Crippen LogP) is 2.82. The molecule has 0 bridgehead atoms. The van der Waals surface area contributed by atoms with Crippen LogP contribution in [0.25, 0.3) is 11.2 Å². The average molecular weight is 290 g/mol. The highest BCUT2D eigenvalue weighted by atomic mass is 35.5.